The molecule has 0 spiro atoms. The van der Waals surface area contributed by atoms with Crippen LogP contribution in [-0.2, 0) is 11.3 Å². The van der Waals surface area contributed by atoms with E-state index in [2.05, 4.69) is 10.4 Å². The summed E-state index contributed by atoms with van der Waals surface area (Å²) < 4.78 is 1.64. The molecule has 4 nitrogen and oxygen atoms in total. The molecule has 0 fully saturated rings. The number of halogens is 1. The van der Waals surface area contributed by atoms with Crippen molar-refractivity contribution in [3.63, 3.8) is 0 Å². The van der Waals surface area contributed by atoms with Gasteiger partial charge in [-0.1, -0.05) is 17.7 Å². The number of rotatable bonds is 3. The van der Waals surface area contributed by atoms with Crippen LogP contribution in [0.2, 0.25) is 5.02 Å². The van der Waals surface area contributed by atoms with Crippen molar-refractivity contribution in [2.75, 3.05) is 5.32 Å². The second-order valence-corrected chi connectivity index (χ2v) is 4.13. The van der Waals surface area contributed by atoms with E-state index in [-0.39, 0.29) is 12.5 Å². The van der Waals surface area contributed by atoms with Crippen molar-refractivity contribution in [3.05, 3.63) is 47.2 Å². The van der Waals surface area contributed by atoms with Gasteiger partial charge in [-0.05, 0) is 31.2 Å². The van der Waals surface area contributed by atoms with Crippen LogP contribution in [0.4, 0.5) is 5.69 Å². The lowest BCUT2D eigenvalue weighted by Gasteiger charge is -2.06. The molecule has 0 aliphatic rings. The molecule has 0 atom stereocenters. The highest BCUT2D eigenvalue weighted by Crippen LogP contribution is 2.14. The zero-order chi connectivity index (χ0) is 12.3. The van der Waals surface area contributed by atoms with Crippen LogP contribution in [-0.4, -0.2) is 15.7 Å². The summed E-state index contributed by atoms with van der Waals surface area (Å²) in [7, 11) is 0. The van der Waals surface area contributed by atoms with Crippen molar-refractivity contribution in [3.8, 4) is 0 Å². The lowest BCUT2D eigenvalue weighted by Crippen LogP contribution is -2.20. The Bertz CT molecular complexity index is 536. The second kappa shape index (κ2) is 5.01. The number of carbonyl (C=O) groups is 1. The normalized spacial score (nSPS) is 10.2. The van der Waals surface area contributed by atoms with Gasteiger partial charge in [0.05, 0.1) is 0 Å². The summed E-state index contributed by atoms with van der Waals surface area (Å²) in [5.74, 6) is -0.126. The minimum atomic E-state index is -0.126. The Labute approximate surface area is 104 Å². The Morgan fingerprint density at radius 3 is 2.94 bits per heavy atom. The molecule has 0 unspecified atom stereocenters. The van der Waals surface area contributed by atoms with Crippen molar-refractivity contribution >= 4 is 23.2 Å². The maximum atomic E-state index is 11.7. The van der Waals surface area contributed by atoms with Gasteiger partial charge in [-0.15, -0.1) is 0 Å². The van der Waals surface area contributed by atoms with Gasteiger partial charge in [0.2, 0.25) is 5.91 Å². The van der Waals surface area contributed by atoms with Crippen molar-refractivity contribution in [1.82, 2.24) is 9.78 Å². The van der Waals surface area contributed by atoms with Crippen molar-refractivity contribution < 1.29 is 4.79 Å². The van der Waals surface area contributed by atoms with E-state index in [0.717, 1.165) is 5.69 Å². The van der Waals surface area contributed by atoms with E-state index in [9.17, 15) is 4.79 Å². The minimum Gasteiger partial charge on any atom is -0.324 e. The number of hydrogen-bond acceptors (Lipinski definition) is 2. The number of aryl methyl sites for hydroxylation is 1. The predicted molar refractivity (Wildman–Crippen MR) is 67.0 cm³/mol. The standard InChI is InChI=1S/C12H12ClN3O/c1-9-5-6-14-16(9)8-12(17)15-11-4-2-3-10(13)7-11/h2-7H,8H2,1H3,(H,15,17). The second-order valence-electron chi connectivity index (χ2n) is 3.69. The first kappa shape index (κ1) is 11.7. The van der Waals surface area contributed by atoms with E-state index in [1.165, 1.54) is 0 Å². The van der Waals surface area contributed by atoms with Gasteiger partial charge >= 0.3 is 0 Å². The Balaban J connectivity index is 2.01. The van der Waals surface area contributed by atoms with E-state index >= 15 is 0 Å². The van der Waals surface area contributed by atoms with E-state index in [1.54, 1.807) is 35.1 Å². The van der Waals surface area contributed by atoms with Crippen LogP contribution < -0.4 is 5.32 Å². The van der Waals surface area contributed by atoms with Crippen molar-refractivity contribution in [2.24, 2.45) is 0 Å². The van der Waals surface area contributed by atoms with Crippen LogP contribution in [0.3, 0.4) is 0 Å². The SMILES string of the molecule is Cc1ccnn1CC(=O)Nc1cccc(Cl)c1. The van der Waals surface area contributed by atoms with E-state index in [1.807, 2.05) is 13.0 Å². The quantitative estimate of drug-likeness (QED) is 0.909. The summed E-state index contributed by atoms with van der Waals surface area (Å²) in [4.78, 5) is 11.7. The molecule has 5 heteroatoms. The summed E-state index contributed by atoms with van der Waals surface area (Å²) in [6.45, 7) is 2.10. The third-order valence-electron chi connectivity index (χ3n) is 2.33. The monoisotopic (exact) mass is 249 g/mol. The highest BCUT2D eigenvalue weighted by atomic mass is 35.5. The Kier molecular flexibility index (Phi) is 3.44. The molecule has 1 amide bonds. The van der Waals surface area contributed by atoms with Gasteiger partial charge in [0.15, 0.2) is 0 Å². The van der Waals surface area contributed by atoms with E-state index < -0.39 is 0 Å². The zero-order valence-corrected chi connectivity index (χ0v) is 10.1. The van der Waals surface area contributed by atoms with E-state index in [0.29, 0.717) is 10.7 Å². The van der Waals surface area contributed by atoms with Gasteiger partial charge in [0.1, 0.15) is 6.54 Å². The highest BCUT2D eigenvalue weighted by molar-refractivity contribution is 6.30. The van der Waals surface area contributed by atoms with Crippen LogP contribution >= 0.6 is 11.6 Å². The molecule has 2 rings (SSSR count). The number of hydrogen-bond donors (Lipinski definition) is 1. The Morgan fingerprint density at radius 2 is 2.29 bits per heavy atom. The smallest absolute Gasteiger partial charge is 0.246 e. The molecular formula is C12H12ClN3O. The molecule has 0 aliphatic heterocycles. The van der Waals surface area contributed by atoms with Gasteiger partial charge in [0.25, 0.3) is 0 Å². The average molecular weight is 250 g/mol. The molecule has 0 saturated heterocycles. The molecule has 2 aromatic rings. The molecule has 0 bridgehead atoms. The number of benzene rings is 1. The number of anilines is 1. The van der Waals surface area contributed by atoms with Crippen LogP contribution in [0.1, 0.15) is 5.69 Å². The molecule has 0 saturated carbocycles. The first-order chi connectivity index (χ1) is 8.15. The Morgan fingerprint density at radius 1 is 1.47 bits per heavy atom. The van der Waals surface area contributed by atoms with Gasteiger partial charge in [-0.3, -0.25) is 9.48 Å². The lowest BCUT2D eigenvalue weighted by atomic mass is 10.3. The first-order valence-corrected chi connectivity index (χ1v) is 5.57. The maximum Gasteiger partial charge on any atom is 0.246 e. The number of carbonyl (C=O) groups excluding carboxylic acids is 1. The number of amides is 1. The largest absolute Gasteiger partial charge is 0.324 e. The Hall–Kier alpha value is -1.81. The van der Waals surface area contributed by atoms with Crippen LogP contribution in [0.25, 0.3) is 0 Å². The summed E-state index contributed by atoms with van der Waals surface area (Å²) in [6, 6.07) is 8.90. The van der Waals surface area contributed by atoms with Crippen molar-refractivity contribution in [1.29, 1.82) is 0 Å². The first-order valence-electron chi connectivity index (χ1n) is 5.19. The minimum absolute atomic E-state index is 0.126. The lowest BCUT2D eigenvalue weighted by molar-refractivity contribution is -0.116. The molecule has 1 N–H and O–H groups in total. The summed E-state index contributed by atoms with van der Waals surface area (Å²) in [5, 5.41) is 7.40. The van der Waals surface area contributed by atoms with Gasteiger partial charge in [-0.25, -0.2) is 0 Å². The fraction of sp³-hybridized carbons (Fsp3) is 0.167. The predicted octanol–water partition coefficient (Wildman–Crippen LogP) is 2.48. The molecule has 1 aromatic carbocycles. The molecule has 88 valence electrons. The van der Waals surface area contributed by atoms with Crippen LogP contribution in [0, 0.1) is 6.92 Å². The van der Waals surface area contributed by atoms with Gasteiger partial charge in [0, 0.05) is 22.6 Å². The number of nitrogens with one attached hydrogen (secondary N) is 1. The molecule has 17 heavy (non-hydrogen) atoms. The summed E-state index contributed by atoms with van der Waals surface area (Å²) in [5.41, 5.74) is 1.64. The van der Waals surface area contributed by atoms with Gasteiger partial charge < -0.3 is 5.32 Å². The molecule has 0 aliphatic carbocycles. The topological polar surface area (TPSA) is 46.9 Å². The van der Waals surface area contributed by atoms with Crippen LogP contribution in [0.15, 0.2) is 36.5 Å². The zero-order valence-electron chi connectivity index (χ0n) is 9.35. The third-order valence-corrected chi connectivity index (χ3v) is 2.57. The third kappa shape index (κ3) is 3.07. The van der Waals surface area contributed by atoms with Crippen molar-refractivity contribution in [2.45, 2.75) is 13.5 Å². The fourth-order valence-electron chi connectivity index (χ4n) is 1.47. The number of nitrogens with zero attached hydrogens (tertiary/aromatic N) is 2. The van der Waals surface area contributed by atoms with Gasteiger partial charge in [-0.2, -0.15) is 5.10 Å². The van der Waals surface area contributed by atoms with Crippen LogP contribution in [0.5, 0.6) is 0 Å². The maximum absolute atomic E-state index is 11.7. The molecule has 0 radical (unpaired) electrons. The summed E-state index contributed by atoms with van der Waals surface area (Å²) >= 11 is 5.83. The number of aromatic nitrogens is 2. The highest BCUT2D eigenvalue weighted by Gasteiger charge is 2.05. The molecule has 1 aromatic heterocycles. The molecular weight excluding hydrogens is 238 g/mol. The summed E-state index contributed by atoms with van der Waals surface area (Å²) in [6.07, 6.45) is 1.67. The molecule has 1 heterocycles. The van der Waals surface area contributed by atoms with E-state index in [4.69, 9.17) is 11.6 Å². The average Bonchev–Trinajstić information content (AvgIpc) is 2.64. The fourth-order valence-corrected chi connectivity index (χ4v) is 1.66.